The molecule has 158 valence electrons. The molecule has 6 nitrogen and oxygen atoms in total. The van der Waals surface area contributed by atoms with Crippen molar-refractivity contribution < 1.29 is 14.3 Å². The number of methoxy groups -OCH3 is 1. The minimum atomic E-state index is -0.120. The topological polar surface area (TPSA) is 79.5 Å². The van der Waals surface area contributed by atoms with E-state index in [0.29, 0.717) is 30.8 Å². The average molecular weight is 412 g/mol. The van der Waals surface area contributed by atoms with E-state index in [4.69, 9.17) is 4.74 Å². The van der Waals surface area contributed by atoms with Gasteiger partial charge in [0.2, 0.25) is 0 Å². The number of nitrogens with one attached hydrogen (secondary N) is 3. The number of ether oxygens (including phenoxy) is 1. The van der Waals surface area contributed by atoms with Gasteiger partial charge in [-0.15, -0.1) is 12.4 Å². The third-order valence-corrected chi connectivity index (χ3v) is 4.93. The summed E-state index contributed by atoms with van der Waals surface area (Å²) in [6.07, 6.45) is 1.96. The number of carbonyl (C=O) groups excluding carboxylic acids is 2. The van der Waals surface area contributed by atoms with E-state index >= 15 is 0 Å². The molecule has 0 radical (unpaired) electrons. The molecule has 7 heteroatoms. The normalized spacial score (nSPS) is 16.0. The Labute approximate surface area is 174 Å². The summed E-state index contributed by atoms with van der Waals surface area (Å²) in [6, 6.07) is 6.80. The fourth-order valence-electron chi connectivity index (χ4n) is 3.23. The number of carbonyl (C=O) groups is 2. The summed E-state index contributed by atoms with van der Waals surface area (Å²) in [5.74, 6) is -0.240. The summed E-state index contributed by atoms with van der Waals surface area (Å²) in [7, 11) is 1.70. The first kappa shape index (κ1) is 24.4. The van der Waals surface area contributed by atoms with Crippen LogP contribution in [0.3, 0.4) is 0 Å². The summed E-state index contributed by atoms with van der Waals surface area (Å²) in [6.45, 7) is 9.93. The van der Waals surface area contributed by atoms with E-state index in [9.17, 15) is 9.59 Å². The third kappa shape index (κ3) is 7.41. The van der Waals surface area contributed by atoms with Gasteiger partial charge in [0, 0.05) is 36.7 Å². The minimum absolute atomic E-state index is 0. The maximum atomic E-state index is 12.5. The average Bonchev–Trinajstić information content (AvgIpc) is 2.65. The van der Waals surface area contributed by atoms with Crippen LogP contribution in [0.5, 0.6) is 0 Å². The van der Waals surface area contributed by atoms with Crippen LogP contribution in [0.25, 0.3) is 0 Å². The number of hydrogen-bond donors (Lipinski definition) is 3. The van der Waals surface area contributed by atoms with Crippen LogP contribution in [-0.4, -0.2) is 51.7 Å². The van der Waals surface area contributed by atoms with Crippen LogP contribution in [0.2, 0.25) is 0 Å². The molecule has 1 fully saturated rings. The molecule has 1 heterocycles. The third-order valence-electron chi connectivity index (χ3n) is 4.93. The predicted octanol–water partition coefficient (Wildman–Crippen LogP) is 2.63. The molecule has 1 aromatic rings. The zero-order valence-corrected chi connectivity index (χ0v) is 18.2. The van der Waals surface area contributed by atoms with E-state index in [1.165, 1.54) is 0 Å². The van der Waals surface area contributed by atoms with Crippen molar-refractivity contribution >= 4 is 24.2 Å². The molecule has 0 unspecified atom stereocenters. The second-order valence-electron chi connectivity index (χ2n) is 8.69. The zero-order chi connectivity index (χ0) is 19.9. The van der Waals surface area contributed by atoms with Crippen molar-refractivity contribution in [3.8, 4) is 0 Å². The molecular weight excluding hydrogens is 378 g/mol. The van der Waals surface area contributed by atoms with Crippen molar-refractivity contribution in [2.75, 3.05) is 39.9 Å². The van der Waals surface area contributed by atoms with Crippen molar-refractivity contribution in [1.82, 2.24) is 16.0 Å². The maximum Gasteiger partial charge on any atom is 0.251 e. The summed E-state index contributed by atoms with van der Waals surface area (Å²) >= 11 is 0. The van der Waals surface area contributed by atoms with Gasteiger partial charge in [0.15, 0.2) is 0 Å². The van der Waals surface area contributed by atoms with E-state index < -0.39 is 0 Å². The van der Waals surface area contributed by atoms with Gasteiger partial charge in [-0.05, 0) is 55.6 Å². The molecule has 1 aliphatic heterocycles. The first-order chi connectivity index (χ1) is 12.7. The Balaban J connectivity index is 0.00000392. The molecule has 1 aromatic carbocycles. The number of halogens is 1. The van der Waals surface area contributed by atoms with Crippen LogP contribution in [-0.2, 0) is 4.74 Å². The highest BCUT2D eigenvalue weighted by molar-refractivity contribution is 5.97. The van der Waals surface area contributed by atoms with Crippen molar-refractivity contribution in [2.24, 2.45) is 10.8 Å². The molecule has 2 amide bonds. The van der Waals surface area contributed by atoms with Crippen LogP contribution in [0.15, 0.2) is 24.3 Å². The molecule has 28 heavy (non-hydrogen) atoms. The van der Waals surface area contributed by atoms with E-state index in [0.717, 1.165) is 25.9 Å². The van der Waals surface area contributed by atoms with Crippen LogP contribution in [0, 0.1) is 10.8 Å². The first-order valence-electron chi connectivity index (χ1n) is 9.61. The smallest absolute Gasteiger partial charge is 0.251 e. The number of hydrogen-bond acceptors (Lipinski definition) is 4. The Morgan fingerprint density at radius 1 is 1.04 bits per heavy atom. The van der Waals surface area contributed by atoms with E-state index in [-0.39, 0.29) is 35.1 Å². The van der Waals surface area contributed by atoms with Crippen LogP contribution >= 0.6 is 12.4 Å². The van der Waals surface area contributed by atoms with Crippen molar-refractivity contribution in [2.45, 2.75) is 33.6 Å². The molecule has 2 rings (SSSR count). The van der Waals surface area contributed by atoms with E-state index in [2.05, 4.69) is 36.7 Å². The predicted molar refractivity (Wildman–Crippen MR) is 114 cm³/mol. The van der Waals surface area contributed by atoms with Gasteiger partial charge in [-0.25, -0.2) is 0 Å². The van der Waals surface area contributed by atoms with Gasteiger partial charge >= 0.3 is 0 Å². The van der Waals surface area contributed by atoms with E-state index in [1.807, 2.05) is 0 Å². The van der Waals surface area contributed by atoms with Gasteiger partial charge in [-0.3, -0.25) is 9.59 Å². The van der Waals surface area contributed by atoms with Gasteiger partial charge in [0.25, 0.3) is 11.8 Å². The monoisotopic (exact) mass is 411 g/mol. The standard InChI is InChI=1S/C21H33N3O3.ClH/c1-20(2,3)13-23-18(25)16-5-7-17(8-6-16)19(26)24-14-21(15-27-4)9-11-22-12-10-21;/h5-8,22H,9-15H2,1-4H3,(H,23,25)(H,24,26);1H. The lowest BCUT2D eigenvalue weighted by Crippen LogP contribution is -2.47. The molecule has 0 spiro atoms. The number of piperidine rings is 1. The lowest BCUT2D eigenvalue weighted by Gasteiger charge is -2.37. The second kappa shape index (κ2) is 10.8. The largest absolute Gasteiger partial charge is 0.384 e. The van der Waals surface area contributed by atoms with Gasteiger partial charge in [0.05, 0.1) is 6.61 Å². The number of benzene rings is 1. The molecule has 0 saturated carbocycles. The highest BCUT2D eigenvalue weighted by atomic mass is 35.5. The Bertz CT molecular complexity index is 630. The molecule has 3 N–H and O–H groups in total. The van der Waals surface area contributed by atoms with Crippen molar-refractivity contribution in [3.63, 3.8) is 0 Å². The summed E-state index contributed by atoms with van der Waals surface area (Å²) < 4.78 is 5.39. The second-order valence-corrected chi connectivity index (χ2v) is 8.69. The van der Waals surface area contributed by atoms with Crippen molar-refractivity contribution in [3.05, 3.63) is 35.4 Å². The summed E-state index contributed by atoms with van der Waals surface area (Å²) in [4.78, 5) is 24.7. The molecule has 0 bridgehead atoms. The van der Waals surface area contributed by atoms with Crippen LogP contribution in [0.1, 0.15) is 54.3 Å². The first-order valence-corrected chi connectivity index (χ1v) is 9.61. The maximum absolute atomic E-state index is 12.5. The Morgan fingerprint density at radius 3 is 2.00 bits per heavy atom. The zero-order valence-electron chi connectivity index (χ0n) is 17.4. The van der Waals surface area contributed by atoms with Crippen LogP contribution in [0.4, 0.5) is 0 Å². The lowest BCUT2D eigenvalue weighted by molar-refractivity contribution is 0.0511. The Morgan fingerprint density at radius 2 is 1.54 bits per heavy atom. The highest BCUT2D eigenvalue weighted by Gasteiger charge is 2.32. The molecule has 0 aliphatic carbocycles. The van der Waals surface area contributed by atoms with Gasteiger partial charge < -0.3 is 20.7 Å². The Hall–Kier alpha value is -1.63. The number of rotatable bonds is 7. The summed E-state index contributed by atoms with van der Waals surface area (Å²) in [5, 5.41) is 9.30. The highest BCUT2D eigenvalue weighted by Crippen LogP contribution is 2.28. The minimum Gasteiger partial charge on any atom is -0.384 e. The molecule has 0 atom stereocenters. The molecular formula is C21H34ClN3O3. The van der Waals surface area contributed by atoms with Crippen LogP contribution < -0.4 is 16.0 Å². The number of amides is 2. The molecule has 1 aliphatic rings. The molecule has 0 aromatic heterocycles. The fraction of sp³-hybridized carbons (Fsp3) is 0.619. The lowest BCUT2D eigenvalue weighted by atomic mass is 9.79. The van der Waals surface area contributed by atoms with Crippen molar-refractivity contribution in [1.29, 1.82) is 0 Å². The Kier molecular flexibility index (Phi) is 9.40. The molecule has 1 saturated heterocycles. The van der Waals surface area contributed by atoms with Gasteiger partial charge in [0.1, 0.15) is 0 Å². The fourth-order valence-corrected chi connectivity index (χ4v) is 3.23. The summed E-state index contributed by atoms with van der Waals surface area (Å²) in [5.41, 5.74) is 1.14. The van der Waals surface area contributed by atoms with Gasteiger partial charge in [-0.1, -0.05) is 20.8 Å². The van der Waals surface area contributed by atoms with E-state index in [1.54, 1.807) is 31.4 Å². The quantitative estimate of drug-likeness (QED) is 0.644. The SMILES string of the molecule is COCC1(CNC(=O)c2ccc(C(=O)NCC(C)(C)C)cc2)CCNCC1.Cl. The van der Waals surface area contributed by atoms with Gasteiger partial charge in [-0.2, -0.15) is 0 Å².